The van der Waals surface area contributed by atoms with Crippen LogP contribution in [0.15, 0.2) is 42.5 Å². The van der Waals surface area contributed by atoms with Crippen molar-refractivity contribution in [1.82, 2.24) is 15.1 Å². The molecule has 3 atom stereocenters. The minimum atomic E-state index is -0.792. The van der Waals surface area contributed by atoms with Crippen molar-refractivity contribution in [2.75, 3.05) is 46.3 Å². The van der Waals surface area contributed by atoms with E-state index in [1.165, 1.54) is 19.1 Å². The summed E-state index contributed by atoms with van der Waals surface area (Å²) in [7, 11) is 6.85. The van der Waals surface area contributed by atoms with Crippen LogP contribution >= 0.6 is 0 Å². The van der Waals surface area contributed by atoms with Crippen molar-refractivity contribution in [3.8, 4) is 11.5 Å². The molecule has 0 bridgehead atoms. The number of hydrogen-bond donors (Lipinski definition) is 1. The number of fused-ring (bicyclic) bond motifs is 1. The molecule has 2 unspecified atom stereocenters. The lowest BCUT2D eigenvalue weighted by molar-refractivity contribution is -0.138. The van der Waals surface area contributed by atoms with Gasteiger partial charge in [0.25, 0.3) is 11.8 Å². The summed E-state index contributed by atoms with van der Waals surface area (Å²) >= 11 is 0. The standard InChI is InChI=1S/C30H38N4O6/c1-18(2)13-24(31-28(36)19-7-9-21(10-8-19)32(3)4)30(38)33-12-11-25-27(33)26(35)17-34(25)29(37)20-14-22(39-5)16-23(15-20)40-6/h7-10,14-16,18,24-25,27H,11-13,17H2,1-6H3,(H,31,36)/t24-,25?,27?/m0/s1. The van der Waals surface area contributed by atoms with E-state index in [9.17, 15) is 19.2 Å². The summed E-state index contributed by atoms with van der Waals surface area (Å²) in [5.41, 5.74) is 1.76. The normalized spacial score (nSPS) is 18.9. The topological polar surface area (TPSA) is 108 Å². The summed E-state index contributed by atoms with van der Waals surface area (Å²) < 4.78 is 10.6. The zero-order valence-corrected chi connectivity index (χ0v) is 24.0. The second-order valence-corrected chi connectivity index (χ2v) is 10.9. The summed E-state index contributed by atoms with van der Waals surface area (Å²) in [6.45, 7) is 4.20. The van der Waals surface area contributed by atoms with Crippen LogP contribution < -0.4 is 19.7 Å². The number of Topliss-reactive ketones (excluding diaryl/α,β-unsaturated/α-hetero) is 1. The Bertz CT molecular complexity index is 1250. The van der Waals surface area contributed by atoms with Crippen molar-refractivity contribution in [2.45, 2.75) is 44.8 Å². The molecule has 0 saturated carbocycles. The van der Waals surface area contributed by atoms with E-state index >= 15 is 0 Å². The van der Waals surface area contributed by atoms with Gasteiger partial charge in [-0.3, -0.25) is 19.2 Å². The van der Waals surface area contributed by atoms with E-state index in [-0.39, 0.29) is 36.0 Å². The minimum Gasteiger partial charge on any atom is -0.497 e. The third-order valence-electron chi connectivity index (χ3n) is 7.52. The van der Waals surface area contributed by atoms with Crippen LogP contribution in [0.3, 0.4) is 0 Å². The molecule has 1 N–H and O–H groups in total. The van der Waals surface area contributed by atoms with Gasteiger partial charge in [0.15, 0.2) is 5.78 Å². The molecule has 214 valence electrons. The highest BCUT2D eigenvalue weighted by Gasteiger charge is 2.52. The number of benzene rings is 2. The zero-order chi connectivity index (χ0) is 29.1. The molecule has 2 heterocycles. The maximum Gasteiger partial charge on any atom is 0.254 e. The maximum absolute atomic E-state index is 13.8. The monoisotopic (exact) mass is 550 g/mol. The number of ketones is 1. The van der Waals surface area contributed by atoms with Gasteiger partial charge in [0.1, 0.15) is 23.6 Å². The van der Waals surface area contributed by atoms with E-state index in [1.54, 1.807) is 35.2 Å². The highest BCUT2D eigenvalue weighted by atomic mass is 16.5. The molecule has 10 nitrogen and oxygen atoms in total. The van der Waals surface area contributed by atoms with Crippen LogP contribution in [0.5, 0.6) is 11.5 Å². The molecule has 40 heavy (non-hydrogen) atoms. The SMILES string of the molecule is COc1cc(OC)cc(C(=O)N2CC(=O)C3C2CCN3C(=O)[C@H](CC(C)C)NC(=O)c2ccc(N(C)C)cc2)c1. The first-order valence-electron chi connectivity index (χ1n) is 13.5. The number of carbonyl (C=O) groups excluding carboxylic acids is 4. The van der Waals surface area contributed by atoms with E-state index in [2.05, 4.69) is 5.32 Å². The summed E-state index contributed by atoms with van der Waals surface area (Å²) in [6, 6.07) is 10.1. The Morgan fingerprint density at radius 2 is 1.60 bits per heavy atom. The molecule has 2 aromatic rings. The molecule has 0 radical (unpaired) electrons. The number of anilines is 1. The highest BCUT2D eigenvalue weighted by Crippen LogP contribution is 2.33. The van der Waals surface area contributed by atoms with Crippen LogP contribution in [0.2, 0.25) is 0 Å². The van der Waals surface area contributed by atoms with Gasteiger partial charge in [-0.2, -0.15) is 0 Å². The predicted octanol–water partition coefficient (Wildman–Crippen LogP) is 2.61. The van der Waals surface area contributed by atoms with E-state index < -0.39 is 18.1 Å². The second kappa shape index (κ2) is 12.0. The molecule has 0 spiro atoms. The van der Waals surface area contributed by atoms with Crippen molar-refractivity contribution in [2.24, 2.45) is 5.92 Å². The lowest BCUT2D eigenvalue weighted by Gasteiger charge is -2.29. The number of nitrogens with one attached hydrogen (secondary N) is 1. The smallest absolute Gasteiger partial charge is 0.254 e. The Labute approximate surface area is 235 Å². The Morgan fingerprint density at radius 3 is 2.15 bits per heavy atom. The van der Waals surface area contributed by atoms with E-state index in [1.807, 2.05) is 45.0 Å². The van der Waals surface area contributed by atoms with E-state index in [0.29, 0.717) is 42.0 Å². The largest absolute Gasteiger partial charge is 0.497 e. The first-order chi connectivity index (χ1) is 19.0. The first kappa shape index (κ1) is 28.9. The third kappa shape index (κ3) is 5.90. The van der Waals surface area contributed by atoms with Gasteiger partial charge >= 0.3 is 0 Å². The lowest BCUT2D eigenvalue weighted by atomic mass is 10.0. The molecule has 2 aromatic carbocycles. The first-order valence-corrected chi connectivity index (χ1v) is 13.5. The van der Waals surface area contributed by atoms with Crippen molar-refractivity contribution in [1.29, 1.82) is 0 Å². The van der Waals surface area contributed by atoms with E-state index in [0.717, 1.165) is 5.69 Å². The Balaban J connectivity index is 1.52. The van der Waals surface area contributed by atoms with Gasteiger partial charge in [0, 0.05) is 43.5 Å². The fourth-order valence-corrected chi connectivity index (χ4v) is 5.48. The molecule has 4 rings (SSSR count). The molecule has 0 aromatic heterocycles. The molecule has 2 aliphatic heterocycles. The average molecular weight is 551 g/mol. The number of amides is 3. The highest BCUT2D eigenvalue weighted by molar-refractivity contribution is 6.04. The molecule has 2 aliphatic rings. The quantitative estimate of drug-likeness (QED) is 0.511. The van der Waals surface area contributed by atoms with Crippen LogP contribution in [-0.4, -0.2) is 92.8 Å². The van der Waals surface area contributed by atoms with Gasteiger partial charge in [0.2, 0.25) is 5.91 Å². The van der Waals surface area contributed by atoms with Gasteiger partial charge in [-0.15, -0.1) is 0 Å². The van der Waals surface area contributed by atoms with Crippen LogP contribution in [0.1, 0.15) is 47.4 Å². The molecule has 0 aliphatic carbocycles. The third-order valence-corrected chi connectivity index (χ3v) is 7.52. The summed E-state index contributed by atoms with van der Waals surface area (Å²) in [5.74, 6) is -0.0855. The summed E-state index contributed by atoms with van der Waals surface area (Å²) in [4.78, 5) is 58.6. The van der Waals surface area contributed by atoms with Gasteiger partial charge in [-0.1, -0.05) is 13.8 Å². The molecular weight excluding hydrogens is 512 g/mol. The Hall–Kier alpha value is -4.08. The Kier molecular flexibility index (Phi) is 8.66. The number of hydrogen-bond acceptors (Lipinski definition) is 7. The number of rotatable bonds is 9. The molecule has 2 fully saturated rings. The average Bonchev–Trinajstić information content (AvgIpc) is 3.52. The number of ether oxygens (including phenoxy) is 2. The van der Waals surface area contributed by atoms with E-state index in [4.69, 9.17) is 9.47 Å². The number of methoxy groups -OCH3 is 2. The van der Waals surface area contributed by atoms with Crippen LogP contribution in [0.25, 0.3) is 0 Å². The fraction of sp³-hybridized carbons (Fsp3) is 0.467. The minimum absolute atomic E-state index is 0.0864. The number of likely N-dealkylation sites (tertiary alicyclic amines) is 2. The van der Waals surface area contributed by atoms with Crippen molar-refractivity contribution in [3.05, 3.63) is 53.6 Å². The summed E-state index contributed by atoms with van der Waals surface area (Å²) in [5, 5.41) is 2.91. The second-order valence-electron chi connectivity index (χ2n) is 10.9. The summed E-state index contributed by atoms with van der Waals surface area (Å²) in [6.07, 6.45) is 0.901. The van der Waals surface area contributed by atoms with Gasteiger partial charge in [0.05, 0.1) is 26.8 Å². The van der Waals surface area contributed by atoms with Crippen molar-refractivity contribution < 1.29 is 28.7 Å². The molecular formula is C30H38N4O6. The molecule has 10 heteroatoms. The number of nitrogens with zero attached hydrogens (tertiary/aromatic N) is 3. The van der Waals surface area contributed by atoms with Crippen molar-refractivity contribution >= 4 is 29.2 Å². The molecule has 2 saturated heterocycles. The van der Waals surface area contributed by atoms with Gasteiger partial charge in [-0.05, 0) is 55.2 Å². The lowest BCUT2D eigenvalue weighted by Crippen LogP contribution is -2.53. The van der Waals surface area contributed by atoms with Crippen LogP contribution in [-0.2, 0) is 9.59 Å². The maximum atomic E-state index is 13.8. The van der Waals surface area contributed by atoms with Gasteiger partial charge in [-0.25, -0.2) is 0 Å². The molecule has 3 amide bonds. The van der Waals surface area contributed by atoms with Gasteiger partial charge < -0.3 is 29.5 Å². The van der Waals surface area contributed by atoms with Crippen molar-refractivity contribution in [3.63, 3.8) is 0 Å². The fourth-order valence-electron chi connectivity index (χ4n) is 5.48. The predicted molar refractivity (Wildman–Crippen MR) is 151 cm³/mol. The Morgan fingerprint density at radius 1 is 0.975 bits per heavy atom. The van der Waals surface area contributed by atoms with Crippen LogP contribution in [0.4, 0.5) is 5.69 Å². The zero-order valence-electron chi connectivity index (χ0n) is 24.0. The number of carbonyl (C=O) groups is 4. The van der Waals surface area contributed by atoms with Crippen LogP contribution in [0, 0.1) is 5.92 Å².